The predicted molar refractivity (Wildman–Crippen MR) is 139 cm³/mol. The van der Waals surface area contributed by atoms with Gasteiger partial charge in [0, 0.05) is 24.2 Å². The number of ether oxygens (including phenoxy) is 2. The summed E-state index contributed by atoms with van der Waals surface area (Å²) in [4.78, 5) is 27.8. The predicted octanol–water partition coefficient (Wildman–Crippen LogP) is 3.21. The molecule has 1 aliphatic rings. The number of hydrogen-bond acceptors (Lipinski definition) is 6. The largest absolute Gasteiger partial charge is 0.486 e. The molecule has 9 nitrogen and oxygen atoms in total. The van der Waals surface area contributed by atoms with Gasteiger partial charge >= 0.3 is 0 Å². The molecule has 2 aromatic carbocycles. The van der Waals surface area contributed by atoms with Crippen LogP contribution in [0.4, 0.5) is 5.69 Å². The Hall–Kier alpha value is -2.98. The minimum absolute atomic E-state index is 0.108. The van der Waals surface area contributed by atoms with Gasteiger partial charge in [0.1, 0.15) is 25.8 Å². The van der Waals surface area contributed by atoms with Gasteiger partial charge in [-0.15, -0.1) is 0 Å². The Morgan fingerprint density at radius 1 is 1.08 bits per heavy atom. The Bertz CT molecular complexity index is 1170. The average Bonchev–Trinajstić information content (AvgIpc) is 2.85. The third-order valence-corrected chi connectivity index (χ3v) is 7.15. The highest BCUT2D eigenvalue weighted by atomic mass is 35.5. The summed E-state index contributed by atoms with van der Waals surface area (Å²) in [5.41, 5.74) is 1.02. The minimum atomic E-state index is -3.84. The number of unbranched alkanes of at least 4 members (excludes halogenated alkanes) is 1. The van der Waals surface area contributed by atoms with Crippen LogP contribution in [0.15, 0.2) is 42.5 Å². The molecule has 0 spiro atoms. The molecule has 1 unspecified atom stereocenters. The summed E-state index contributed by atoms with van der Waals surface area (Å²) in [6.45, 7) is 4.50. The highest BCUT2D eigenvalue weighted by molar-refractivity contribution is 7.92. The number of sulfonamides is 1. The molecule has 2 amide bonds. The summed E-state index contributed by atoms with van der Waals surface area (Å²) in [5, 5.41) is 3.39. The highest BCUT2D eigenvalue weighted by Gasteiger charge is 2.30. The maximum absolute atomic E-state index is 13.6. The smallest absolute Gasteiger partial charge is 0.244 e. The van der Waals surface area contributed by atoms with Crippen LogP contribution in [0.5, 0.6) is 11.5 Å². The number of amides is 2. The summed E-state index contributed by atoms with van der Waals surface area (Å²) < 4.78 is 37.5. The number of fused-ring (bicyclic) bond motifs is 1. The number of nitrogens with zero attached hydrogens (tertiary/aromatic N) is 2. The molecule has 0 aromatic heterocycles. The van der Waals surface area contributed by atoms with E-state index < -0.39 is 28.5 Å². The van der Waals surface area contributed by atoms with E-state index in [1.54, 1.807) is 43.3 Å². The maximum Gasteiger partial charge on any atom is 0.244 e. The lowest BCUT2D eigenvalue weighted by atomic mass is 10.1. The van der Waals surface area contributed by atoms with E-state index in [0.717, 1.165) is 29.0 Å². The van der Waals surface area contributed by atoms with Gasteiger partial charge in [-0.25, -0.2) is 8.42 Å². The van der Waals surface area contributed by atoms with Crippen LogP contribution in [0.25, 0.3) is 0 Å². The van der Waals surface area contributed by atoms with Crippen molar-refractivity contribution >= 4 is 39.1 Å². The monoisotopic (exact) mass is 537 g/mol. The van der Waals surface area contributed by atoms with Crippen LogP contribution in [0.3, 0.4) is 0 Å². The number of benzene rings is 2. The minimum Gasteiger partial charge on any atom is -0.486 e. The zero-order valence-corrected chi connectivity index (χ0v) is 22.3. The fourth-order valence-corrected chi connectivity index (χ4v) is 4.67. The first-order valence-corrected chi connectivity index (χ1v) is 14.0. The first kappa shape index (κ1) is 27.6. The zero-order chi connectivity index (χ0) is 26.3. The Morgan fingerprint density at radius 2 is 1.75 bits per heavy atom. The van der Waals surface area contributed by atoms with Crippen LogP contribution in [0.2, 0.25) is 5.02 Å². The van der Waals surface area contributed by atoms with E-state index in [4.69, 9.17) is 21.1 Å². The molecule has 1 atom stereocenters. The molecule has 3 rings (SSSR count). The molecule has 0 aliphatic carbocycles. The Labute approximate surface area is 217 Å². The third-order valence-electron chi connectivity index (χ3n) is 5.76. The van der Waals surface area contributed by atoms with E-state index in [0.29, 0.717) is 36.3 Å². The second kappa shape index (κ2) is 12.3. The molecule has 2 aromatic rings. The SMILES string of the molecule is CCCCNC(=O)C(C)N(Cc1ccc(Cl)cc1)C(=O)CN(c1ccc2c(c1)OCCO2)S(C)(=O)=O. The molecular weight excluding hydrogens is 506 g/mol. The molecule has 196 valence electrons. The number of halogens is 1. The molecule has 1 aliphatic heterocycles. The molecule has 1 N–H and O–H groups in total. The van der Waals surface area contributed by atoms with Crippen LogP contribution in [0, 0.1) is 0 Å². The second-order valence-electron chi connectivity index (χ2n) is 8.57. The summed E-state index contributed by atoms with van der Waals surface area (Å²) in [6, 6.07) is 10.8. The van der Waals surface area contributed by atoms with Crippen molar-refractivity contribution in [3.63, 3.8) is 0 Å². The lowest BCUT2D eigenvalue weighted by molar-refractivity contribution is -0.139. The van der Waals surface area contributed by atoms with E-state index in [9.17, 15) is 18.0 Å². The summed E-state index contributed by atoms with van der Waals surface area (Å²) in [6.07, 6.45) is 2.76. The number of hydrogen-bond donors (Lipinski definition) is 1. The van der Waals surface area contributed by atoms with Gasteiger partial charge in [-0.3, -0.25) is 13.9 Å². The number of carbonyl (C=O) groups excluding carboxylic acids is 2. The van der Waals surface area contributed by atoms with Crippen molar-refractivity contribution in [1.29, 1.82) is 0 Å². The van der Waals surface area contributed by atoms with Crippen molar-refractivity contribution in [3.8, 4) is 11.5 Å². The first-order chi connectivity index (χ1) is 17.1. The van der Waals surface area contributed by atoms with Gasteiger partial charge in [-0.05, 0) is 43.2 Å². The molecule has 36 heavy (non-hydrogen) atoms. The Morgan fingerprint density at radius 3 is 2.39 bits per heavy atom. The molecule has 1 heterocycles. The summed E-state index contributed by atoms with van der Waals surface area (Å²) in [7, 11) is -3.84. The number of anilines is 1. The molecule has 0 radical (unpaired) electrons. The van der Waals surface area contributed by atoms with Gasteiger partial charge < -0.3 is 19.7 Å². The normalized spacial score (nSPS) is 13.6. The lowest BCUT2D eigenvalue weighted by Crippen LogP contribution is -2.51. The zero-order valence-electron chi connectivity index (χ0n) is 20.7. The fraction of sp³-hybridized carbons (Fsp3) is 0.440. The molecule has 0 saturated heterocycles. The number of rotatable bonds is 11. The van der Waals surface area contributed by atoms with E-state index >= 15 is 0 Å². The van der Waals surface area contributed by atoms with Crippen molar-refractivity contribution < 1.29 is 27.5 Å². The average molecular weight is 538 g/mol. The van der Waals surface area contributed by atoms with Crippen LogP contribution < -0.4 is 19.1 Å². The van der Waals surface area contributed by atoms with Gasteiger partial charge in [0.2, 0.25) is 21.8 Å². The van der Waals surface area contributed by atoms with Crippen LogP contribution >= 0.6 is 11.6 Å². The quantitative estimate of drug-likeness (QED) is 0.441. The maximum atomic E-state index is 13.6. The number of nitrogens with one attached hydrogen (secondary N) is 1. The van der Waals surface area contributed by atoms with E-state index in [-0.39, 0.29) is 18.1 Å². The van der Waals surface area contributed by atoms with E-state index in [1.807, 2.05) is 6.92 Å². The topological polar surface area (TPSA) is 105 Å². The molecule has 0 saturated carbocycles. The first-order valence-electron chi connectivity index (χ1n) is 11.8. The molecular formula is C25H32ClN3O6S. The van der Waals surface area contributed by atoms with Crippen molar-refractivity contribution in [3.05, 3.63) is 53.1 Å². The standard InChI is InChI=1S/C25H32ClN3O6S/c1-4-5-12-27-25(31)18(2)28(16-19-6-8-20(26)9-7-19)24(30)17-29(36(3,32)33)21-10-11-22-23(15-21)35-14-13-34-22/h6-11,15,18H,4-5,12-14,16-17H2,1-3H3,(H,27,31). The number of carbonyl (C=O) groups is 2. The van der Waals surface area contributed by atoms with Crippen LogP contribution in [-0.4, -0.2) is 63.7 Å². The van der Waals surface area contributed by atoms with Crippen molar-refractivity contribution in [1.82, 2.24) is 10.2 Å². The Balaban J connectivity index is 1.88. The molecule has 11 heteroatoms. The van der Waals surface area contributed by atoms with Gasteiger partial charge in [0.25, 0.3) is 0 Å². The molecule has 0 fully saturated rings. The van der Waals surface area contributed by atoms with Gasteiger partial charge in [-0.1, -0.05) is 37.1 Å². The van der Waals surface area contributed by atoms with Crippen molar-refractivity contribution in [2.24, 2.45) is 0 Å². The van der Waals surface area contributed by atoms with Gasteiger partial charge in [0.05, 0.1) is 11.9 Å². The fourth-order valence-electron chi connectivity index (χ4n) is 3.71. The van der Waals surface area contributed by atoms with Gasteiger partial charge in [0.15, 0.2) is 11.5 Å². The van der Waals surface area contributed by atoms with Gasteiger partial charge in [-0.2, -0.15) is 0 Å². The van der Waals surface area contributed by atoms with E-state index in [2.05, 4.69) is 5.32 Å². The Kier molecular flexibility index (Phi) is 9.44. The van der Waals surface area contributed by atoms with Crippen molar-refractivity contribution in [2.45, 2.75) is 39.3 Å². The van der Waals surface area contributed by atoms with Crippen LogP contribution in [0.1, 0.15) is 32.3 Å². The second-order valence-corrected chi connectivity index (χ2v) is 10.9. The van der Waals surface area contributed by atoms with E-state index in [1.165, 1.54) is 11.0 Å². The lowest BCUT2D eigenvalue weighted by Gasteiger charge is -2.31. The van der Waals surface area contributed by atoms with Crippen molar-refractivity contribution in [2.75, 3.05) is 36.9 Å². The summed E-state index contributed by atoms with van der Waals surface area (Å²) in [5.74, 6) is 0.0764. The van der Waals surface area contributed by atoms with Crippen LogP contribution in [-0.2, 0) is 26.2 Å². The third kappa shape index (κ3) is 7.27. The summed E-state index contributed by atoms with van der Waals surface area (Å²) >= 11 is 5.99. The molecule has 0 bridgehead atoms. The highest BCUT2D eigenvalue weighted by Crippen LogP contribution is 2.34.